The largest absolute Gasteiger partial charge is 0.489 e. The molecule has 2 aromatic carbocycles. The summed E-state index contributed by atoms with van der Waals surface area (Å²) in [5.41, 5.74) is 1.23. The van der Waals surface area contributed by atoms with Crippen LogP contribution in [0.3, 0.4) is 0 Å². The van der Waals surface area contributed by atoms with Crippen LogP contribution in [0.25, 0.3) is 0 Å². The van der Waals surface area contributed by atoms with Crippen molar-refractivity contribution in [3.8, 4) is 5.75 Å². The minimum atomic E-state index is -0.321. The van der Waals surface area contributed by atoms with Gasteiger partial charge in [-0.2, -0.15) is 0 Å². The summed E-state index contributed by atoms with van der Waals surface area (Å²) >= 11 is 3.22. The maximum Gasteiger partial charge on any atom is 0.126 e. The van der Waals surface area contributed by atoms with E-state index in [1.54, 1.807) is 25.1 Å². The second-order valence-corrected chi connectivity index (χ2v) is 4.89. The van der Waals surface area contributed by atoms with E-state index in [4.69, 9.17) is 4.74 Å². The van der Waals surface area contributed by atoms with Crippen molar-refractivity contribution < 1.29 is 13.5 Å². The lowest BCUT2D eigenvalue weighted by Gasteiger charge is -2.08. The Labute approximate surface area is 113 Å². The smallest absolute Gasteiger partial charge is 0.126 e. The standard InChI is InChI=1S/C14H11BrF2O/c1-9-4-13(2-3-14(9)17)18-8-10-5-11(15)7-12(16)6-10/h2-7H,8H2,1H3. The monoisotopic (exact) mass is 312 g/mol. The summed E-state index contributed by atoms with van der Waals surface area (Å²) in [4.78, 5) is 0. The molecule has 0 saturated carbocycles. The lowest BCUT2D eigenvalue weighted by Crippen LogP contribution is -1.97. The quantitative estimate of drug-likeness (QED) is 0.804. The van der Waals surface area contributed by atoms with E-state index in [1.165, 1.54) is 18.2 Å². The number of halogens is 3. The first kappa shape index (κ1) is 13.0. The van der Waals surface area contributed by atoms with Crippen LogP contribution in [0.4, 0.5) is 8.78 Å². The second kappa shape index (κ2) is 5.48. The molecule has 0 aliphatic heterocycles. The van der Waals surface area contributed by atoms with Crippen molar-refractivity contribution >= 4 is 15.9 Å². The summed E-state index contributed by atoms with van der Waals surface area (Å²) in [6.45, 7) is 1.91. The van der Waals surface area contributed by atoms with Gasteiger partial charge < -0.3 is 4.74 Å². The van der Waals surface area contributed by atoms with E-state index >= 15 is 0 Å². The van der Waals surface area contributed by atoms with Gasteiger partial charge in [0.05, 0.1) is 0 Å². The van der Waals surface area contributed by atoms with Crippen LogP contribution in [-0.4, -0.2) is 0 Å². The summed E-state index contributed by atoms with van der Waals surface area (Å²) in [7, 11) is 0. The van der Waals surface area contributed by atoms with Crippen LogP contribution in [0.5, 0.6) is 5.75 Å². The zero-order chi connectivity index (χ0) is 13.1. The number of hydrogen-bond acceptors (Lipinski definition) is 1. The summed E-state index contributed by atoms with van der Waals surface area (Å²) in [5.74, 6) is -0.0246. The Morgan fingerprint density at radius 3 is 2.56 bits per heavy atom. The molecule has 0 N–H and O–H groups in total. The van der Waals surface area contributed by atoms with E-state index in [2.05, 4.69) is 15.9 Å². The molecule has 4 heteroatoms. The number of hydrogen-bond donors (Lipinski definition) is 0. The van der Waals surface area contributed by atoms with Crippen molar-refractivity contribution in [3.05, 3.63) is 63.6 Å². The first-order valence-corrected chi connectivity index (χ1v) is 6.18. The van der Waals surface area contributed by atoms with E-state index in [-0.39, 0.29) is 18.2 Å². The van der Waals surface area contributed by atoms with Crippen molar-refractivity contribution in [1.29, 1.82) is 0 Å². The predicted molar refractivity (Wildman–Crippen MR) is 69.6 cm³/mol. The Morgan fingerprint density at radius 1 is 1.11 bits per heavy atom. The van der Waals surface area contributed by atoms with E-state index in [0.717, 1.165) is 0 Å². The number of rotatable bonds is 3. The SMILES string of the molecule is Cc1cc(OCc2cc(F)cc(Br)c2)ccc1F. The third kappa shape index (κ3) is 3.29. The van der Waals surface area contributed by atoms with Crippen molar-refractivity contribution in [2.45, 2.75) is 13.5 Å². The lowest BCUT2D eigenvalue weighted by atomic mass is 10.2. The van der Waals surface area contributed by atoms with Crippen LogP contribution in [0.15, 0.2) is 40.9 Å². The number of benzene rings is 2. The second-order valence-electron chi connectivity index (χ2n) is 3.98. The molecule has 0 fully saturated rings. The first-order valence-electron chi connectivity index (χ1n) is 5.38. The topological polar surface area (TPSA) is 9.23 Å². The molecule has 1 nitrogen and oxygen atoms in total. The van der Waals surface area contributed by atoms with Crippen molar-refractivity contribution in [2.75, 3.05) is 0 Å². The van der Waals surface area contributed by atoms with Gasteiger partial charge in [-0.05, 0) is 54.4 Å². The molecule has 94 valence electrons. The van der Waals surface area contributed by atoms with E-state index in [1.807, 2.05) is 0 Å². The highest BCUT2D eigenvalue weighted by molar-refractivity contribution is 9.10. The van der Waals surface area contributed by atoms with Gasteiger partial charge >= 0.3 is 0 Å². The number of aryl methyl sites for hydroxylation is 1. The molecule has 0 atom stereocenters. The van der Waals surface area contributed by atoms with E-state index < -0.39 is 0 Å². The zero-order valence-corrected chi connectivity index (χ0v) is 11.3. The Kier molecular flexibility index (Phi) is 3.97. The van der Waals surface area contributed by atoms with Crippen molar-refractivity contribution in [3.63, 3.8) is 0 Å². The Balaban J connectivity index is 2.08. The zero-order valence-electron chi connectivity index (χ0n) is 9.71. The van der Waals surface area contributed by atoms with Gasteiger partial charge in [0.15, 0.2) is 0 Å². The minimum absolute atomic E-state index is 0.238. The molecule has 0 aliphatic rings. The average Bonchev–Trinajstić information content (AvgIpc) is 2.29. The summed E-state index contributed by atoms with van der Waals surface area (Å²) in [5, 5.41) is 0. The molecule has 0 unspecified atom stereocenters. The van der Waals surface area contributed by atoms with Gasteiger partial charge in [-0.1, -0.05) is 15.9 Å². The van der Waals surface area contributed by atoms with Gasteiger partial charge in [0.25, 0.3) is 0 Å². The van der Waals surface area contributed by atoms with Crippen LogP contribution in [0, 0.1) is 18.6 Å². The molecule has 0 radical (unpaired) electrons. The summed E-state index contributed by atoms with van der Waals surface area (Å²) in [6, 6.07) is 9.08. The lowest BCUT2D eigenvalue weighted by molar-refractivity contribution is 0.304. The fraction of sp³-hybridized carbons (Fsp3) is 0.143. The first-order chi connectivity index (χ1) is 8.54. The van der Waals surface area contributed by atoms with Gasteiger partial charge in [-0.15, -0.1) is 0 Å². The summed E-state index contributed by atoms with van der Waals surface area (Å²) < 4.78 is 32.3. The molecule has 2 rings (SSSR count). The van der Waals surface area contributed by atoms with Crippen LogP contribution in [0.2, 0.25) is 0 Å². The molecule has 0 aliphatic carbocycles. The number of ether oxygens (including phenoxy) is 1. The highest BCUT2D eigenvalue weighted by atomic mass is 79.9. The molecule has 0 spiro atoms. The van der Waals surface area contributed by atoms with Crippen molar-refractivity contribution in [2.24, 2.45) is 0 Å². The molecule has 0 saturated heterocycles. The molecule has 0 aromatic heterocycles. The Morgan fingerprint density at radius 2 is 1.89 bits per heavy atom. The van der Waals surface area contributed by atoms with Crippen LogP contribution in [0.1, 0.15) is 11.1 Å². The molecular formula is C14H11BrF2O. The van der Waals surface area contributed by atoms with Crippen LogP contribution in [-0.2, 0) is 6.61 Å². The Hall–Kier alpha value is -1.42. The van der Waals surface area contributed by atoms with Crippen LogP contribution >= 0.6 is 15.9 Å². The van der Waals surface area contributed by atoms with Gasteiger partial charge in [-0.3, -0.25) is 0 Å². The van der Waals surface area contributed by atoms with Gasteiger partial charge in [0.1, 0.15) is 24.0 Å². The van der Waals surface area contributed by atoms with E-state index in [0.29, 0.717) is 21.3 Å². The normalized spacial score (nSPS) is 10.4. The van der Waals surface area contributed by atoms with Crippen molar-refractivity contribution in [1.82, 2.24) is 0 Å². The van der Waals surface area contributed by atoms with Gasteiger partial charge in [0, 0.05) is 4.47 Å². The molecule has 0 amide bonds. The highest BCUT2D eigenvalue weighted by Gasteiger charge is 2.02. The summed E-state index contributed by atoms with van der Waals surface area (Å²) in [6.07, 6.45) is 0. The van der Waals surface area contributed by atoms with Crippen LogP contribution < -0.4 is 4.74 Å². The third-order valence-electron chi connectivity index (χ3n) is 2.46. The molecule has 2 aromatic rings. The highest BCUT2D eigenvalue weighted by Crippen LogP contribution is 2.19. The average molecular weight is 313 g/mol. The fourth-order valence-corrected chi connectivity index (χ4v) is 2.08. The fourth-order valence-electron chi connectivity index (χ4n) is 1.57. The Bertz CT molecular complexity index is 549. The maximum atomic E-state index is 13.1. The predicted octanol–water partition coefficient (Wildman–Crippen LogP) is 4.61. The minimum Gasteiger partial charge on any atom is -0.489 e. The molecule has 0 heterocycles. The molecule has 18 heavy (non-hydrogen) atoms. The third-order valence-corrected chi connectivity index (χ3v) is 2.92. The molecule has 0 bridgehead atoms. The molecular weight excluding hydrogens is 302 g/mol. The van der Waals surface area contributed by atoms with Gasteiger partial charge in [0.2, 0.25) is 0 Å². The maximum absolute atomic E-state index is 13.1. The van der Waals surface area contributed by atoms with Gasteiger partial charge in [-0.25, -0.2) is 8.78 Å². The van der Waals surface area contributed by atoms with E-state index in [9.17, 15) is 8.78 Å².